The molecule has 15 heteroatoms. The number of likely N-dealkylation sites (N-methyl/N-ethyl adjacent to an activating group) is 1. The fraction of sp³-hybridized carbons (Fsp3) is 0.538. The number of aromatic carboxylic acids is 1. The van der Waals surface area contributed by atoms with Crippen molar-refractivity contribution in [3.05, 3.63) is 88.9 Å². The second-order valence-corrected chi connectivity index (χ2v) is 23.3. The predicted molar refractivity (Wildman–Crippen MR) is 263 cm³/mol. The number of benzene rings is 2. The zero-order valence-corrected chi connectivity index (χ0v) is 41.2. The molecular weight excluding hydrogens is 863 g/mol. The van der Waals surface area contributed by atoms with Crippen molar-refractivity contribution in [2.45, 2.75) is 110 Å². The van der Waals surface area contributed by atoms with Gasteiger partial charge in [-0.3, -0.25) is 19.6 Å². The number of aromatic nitrogens is 4. The molecule has 3 atom stereocenters. The molecule has 2 amide bonds. The van der Waals surface area contributed by atoms with Gasteiger partial charge < -0.3 is 29.9 Å². The number of fused-ring (bicyclic) bond motifs is 2. The average Bonchev–Trinajstić information content (AvgIpc) is 3.83. The summed E-state index contributed by atoms with van der Waals surface area (Å²) in [5.41, 5.74) is 11.8. The smallest absolute Gasteiger partial charge is 0.355 e. The van der Waals surface area contributed by atoms with Gasteiger partial charge in [-0.15, -0.1) is 0 Å². The molecule has 1 aliphatic heterocycles. The number of carboxylic acid groups (broad SMARTS) is 1. The molecule has 4 N–H and O–H groups in total. The average molecular weight is 931 g/mol. The monoisotopic (exact) mass is 931 g/mol. The van der Waals surface area contributed by atoms with E-state index in [1.165, 1.54) is 17.8 Å². The number of nitrogens with two attached hydrogens (primary N) is 1. The predicted octanol–water partition coefficient (Wildman–Crippen LogP) is 8.17. The van der Waals surface area contributed by atoms with Gasteiger partial charge in [-0.1, -0.05) is 49.4 Å². The summed E-state index contributed by atoms with van der Waals surface area (Å²) in [4.78, 5) is 53.1. The molecule has 5 aliphatic rings. The largest absolute Gasteiger partial charge is 0.476 e. The summed E-state index contributed by atoms with van der Waals surface area (Å²) in [5, 5.41) is 19.1. The van der Waals surface area contributed by atoms with Crippen LogP contribution in [0.15, 0.2) is 60.8 Å². The summed E-state index contributed by atoms with van der Waals surface area (Å²) in [6, 6.07) is 16.8. The van der Waals surface area contributed by atoms with Crippen LogP contribution >= 0.6 is 11.3 Å². The van der Waals surface area contributed by atoms with Crippen LogP contribution in [0.1, 0.15) is 109 Å². The maximum atomic E-state index is 13.7. The summed E-state index contributed by atoms with van der Waals surface area (Å²) in [6.07, 6.45) is 11.4. The van der Waals surface area contributed by atoms with Gasteiger partial charge in [0, 0.05) is 55.6 Å². The number of thiazole rings is 1. The van der Waals surface area contributed by atoms with E-state index in [0.717, 1.165) is 88.6 Å². The molecule has 4 heterocycles. The second-order valence-electron chi connectivity index (χ2n) is 22.3. The molecule has 3 aromatic heterocycles. The van der Waals surface area contributed by atoms with Crippen molar-refractivity contribution >= 4 is 50.3 Å². The molecule has 2 aromatic carbocycles. The third kappa shape index (κ3) is 9.75. The lowest BCUT2D eigenvalue weighted by molar-refractivity contribution is -0.870. The zero-order chi connectivity index (χ0) is 47.5. The first-order valence-corrected chi connectivity index (χ1v) is 24.8. The number of rotatable bonds is 17. The number of carbonyl (C=O) groups is 3. The maximum absolute atomic E-state index is 13.7. The van der Waals surface area contributed by atoms with Gasteiger partial charge in [-0.05, 0) is 129 Å². The van der Waals surface area contributed by atoms with Crippen LogP contribution in [0.3, 0.4) is 0 Å². The number of hydrogen-bond donors (Lipinski definition) is 3. The minimum Gasteiger partial charge on any atom is -0.476 e. The van der Waals surface area contributed by atoms with E-state index in [0.29, 0.717) is 67.7 Å². The Morgan fingerprint density at radius 3 is 2.45 bits per heavy atom. The van der Waals surface area contributed by atoms with Crippen LogP contribution in [0.4, 0.5) is 10.9 Å². The number of amides is 2. The van der Waals surface area contributed by atoms with Crippen LogP contribution in [0.2, 0.25) is 0 Å². The highest BCUT2D eigenvalue weighted by Gasteiger charge is 2.66. The molecule has 4 aliphatic carbocycles. The molecule has 14 nitrogen and oxygen atoms in total. The second kappa shape index (κ2) is 17.7. The van der Waals surface area contributed by atoms with Crippen LogP contribution < -0.4 is 16.0 Å². The Balaban J connectivity index is 0.883. The quantitative estimate of drug-likeness (QED) is 0.0611. The Morgan fingerprint density at radius 1 is 0.955 bits per heavy atom. The van der Waals surface area contributed by atoms with E-state index < -0.39 is 12.0 Å². The van der Waals surface area contributed by atoms with Gasteiger partial charge in [-0.25, -0.2) is 14.8 Å². The number of carboxylic acids is 1. The van der Waals surface area contributed by atoms with Crippen molar-refractivity contribution in [2.75, 3.05) is 64.6 Å². The number of unbranched alkanes of at least 4 members (excludes halogenated alkanes) is 1. The van der Waals surface area contributed by atoms with E-state index in [2.05, 4.69) is 60.9 Å². The number of nitrogens with one attached hydrogen (secondary N) is 1. The summed E-state index contributed by atoms with van der Waals surface area (Å²) in [6.45, 7) is 10.7. The lowest BCUT2D eigenvalue weighted by Gasteiger charge is -2.69. The molecule has 4 saturated carbocycles. The van der Waals surface area contributed by atoms with Crippen molar-refractivity contribution in [1.82, 2.24) is 24.6 Å². The number of anilines is 2. The van der Waals surface area contributed by atoms with Crippen molar-refractivity contribution in [2.24, 2.45) is 22.0 Å². The van der Waals surface area contributed by atoms with E-state index in [-0.39, 0.29) is 39.4 Å². The fourth-order valence-electron chi connectivity index (χ4n) is 13.3. The van der Waals surface area contributed by atoms with Crippen molar-refractivity contribution in [3.8, 4) is 11.1 Å². The topological polar surface area (TPSA) is 169 Å². The summed E-state index contributed by atoms with van der Waals surface area (Å²) in [5.74, 6) is -0.815. The van der Waals surface area contributed by atoms with Gasteiger partial charge in [0.2, 0.25) is 5.91 Å². The molecule has 356 valence electrons. The molecule has 3 unspecified atom stereocenters. The molecule has 10 rings (SSSR count). The van der Waals surface area contributed by atoms with E-state index in [1.54, 1.807) is 11.1 Å². The first kappa shape index (κ1) is 46.9. The molecule has 5 aromatic rings. The molecule has 4 bridgehead atoms. The Kier molecular flexibility index (Phi) is 12.4. The lowest BCUT2D eigenvalue weighted by Crippen LogP contribution is -2.64. The SMILES string of the molecule is Cc1c(-c2ccc(N3CCc4cccc(C(=O)Nc5nc6ccccc6s5)c4C3)nc2C(=O)O)cnn1CC12CC3(C)CC(C)(C1)CC(OCCN(C)C(=O)C(N)CCCC[N+](C)(C)C)(C3)C2. The van der Waals surface area contributed by atoms with Crippen molar-refractivity contribution < 1.29 is 28.7 Å². The van der Waals surface area contributed by atoms with Crippen LogP contribution in [-0.4, -0.2) is 118 Å². The number of quaternary nitrogens is 1. The lowest BCUT2D eigenvalue weighted by atomic mass is 9.39. The van der Waals surface area contributed by atoms with Crippen LogP contribution in [0.25, 0.3) is 21.3 Å². The van der Waals surface area contributed by atoms with E-state index in [1.807, 2.05) is 62.5 Å². The van der Waals surface area contributed by atoms with E-state index >= 15 is 0 Å². The number of hydrogen-bond acceptors (Lipinski definition) is 10. The Bertz CT molecular complexity index is 2650. The van der Waals surface area contributed by atoms with Crippen molar-refractivity contribution in [3.63, 3.8) is 0 Å². The van der Waals surface area contributed by atoms with Crippen LogP contribution in [0.5, 0.6) is 0 Å². The maximum Gasteiger partial charge on any atom is 0.355 e. The minimum atomic E-state index is -1.11. The van der Waals surface area contributed by atoms with Gasteiger partial charge >= 0.3 is 5.97 Å². The molecule has 4 fully saturated rings. The third-order valence-corrected chi connectivity index (χ3v) is 16.0. The highest BCUT2D eigenvalue weighted by atomic mass is 32.1. The van der Waals surface area contributed by atoms with Crippen molar-refractivity contribution in [1.29, 1.82) is 0 Å². The Morgan fingerprint density at radius 2 is 1.72 bits per heavy atom. The first-order chi connectivity index (χ1) is 31.7. The number of para-hydroxylation sites is 1. The summed E-state index contributed by atoms with van der Waals surface area (Å²) >= 11 is 1.44. The van der Waals surface area contributed by atoms with Crippen LogP contribution in [0, 0.1) is 23.2 Å². The van der Waals surface area contributed by atoms with E-state index in [9.17, 15) is 19.5 Å². The molecule has 0 saturated heterocycles. The van der Waals surface area contributed by atoms with Gasteiger partial charge in [0.1, 0.15) is 5.82 Å². The number of ether oxygens (including phenoxy) is 1. The van der Waals surface area contributed by atoms with Gasteiger partial charge in [0.15, 0.2) is 10.8 Å². The first-order valence-electron chi connectivity index (χ1n) is 24.0. The standard InChI is InChI=1S/C52H67N9O5S/c1-34-38(36-18-19-43(56-44(36)47(64)65)59-21-20-35-13-12-14-37(39(35)26-59)45(62)57-48-55-41-16-8-9-17-42(41)67-48)25-54-60(34)33-51-28-49(2)27-50(3,29-51)31-52(30-49,32-51)66-24-22-58(4)46(63)40(53)15-10-11-23-61(5,6)7/h8-9,12-14,16-19,25,40H,10-11,15,20-24,26-33,53H2,1-7H3,(H-,55,57,62,64,65)/p+1. The Hall–Kier alpha value is -5.22. The minimum absolute atomic E-state index is 0.0230. The normalized spacial score (nSPS) is 24.7. The molecule has 0 radical (unpaired) electrons. The molecular formula is C52H68N9O5S+. The summed E-state index contributed by atoms with van der Waals surface area (Å²) < 4.78 is 11.0. The Labute approximate surface area is 398 Å². The van der Waals surface area contributed by atoms with Gasteiger partial charge in [0.05, 0.1) is 62.4 Å². The molecule has 67 heavy (non-hydrogen) atoms. The van der Waals surface area contributed by atoms with E-state index in [4.69, 9.17) is 20.6 Å². The number of pyridine rings is 1. The van der Waals surface area contributed by atoms with Gasteiger partial charge in [0.25, 0.3) is 5.91 Å². The molecule has 0 spiro atoms. The highest BCUT2D eigenvalue weighted by Crippen LogP contribution is 2.72. The number of carbonyl (C=O) groups excluding carboxylic acids is 2. The van der Waals surface area contributed by atoms with Gasteiger partial charge in [-0.2, -0.15) is 5.10 Å². The van der Waals surface area contributed by atoms with Crippen LogP contribution in [-0.2, 0) is 29.0 Å². The highest BCUT2D eigenvalue weighted by molar-refractivity contribution is 7.22. The number of nitrogens with zero attached hydrogens (tertiary/aromatic N) is 7. The zero-order valence-electron chi connectivity index (χ0n) is 40.4. The third-order valence-electron chi connectivity index (χ3n) is 15.1. The summed E-state index contributed by atoms with van der Waals surface area (Å²) in [7, 11) is 8.38. The fourth-order valence-corrected chi connectivity index (χ4v) is 14.2.